The number of pyridine rings is 1. The lowest BCUT2D eigenvalue weighted by atomic mass is 10.3. The summed E-state index contributed by atoms with van der Waals surface area (Å²) in [5.74, 6) is -0.172. The van der Waals surface area contributed by atoms with Crippen molar-refractivity contribution in [3.05, 3.63) is 64.1 Å². The zero-order valence-electron chi connectivity index (χ0n) is 12.0. The summed E-state index contributed by atoms with van der Waals surface area (Å²) < 4.78 is 7.07. The number of rotatable bonds is 4. The van der Waals surface area contributed by atoms with Gasteiger partial charge in [0.05, 0.1) is 10.6 Å². The van der Waals surface area contributed by atoms with Crippen molar-refractivity contribution in [1.82, 2.24) is 9.38 Å². The van der Waals surface area contributed by atoms with Gasteiger partial charge in [0, 0.05) is 24.4 Å². The molecule has 1 N–H and O–H groups in total. The molecule has 0 aliphatic rings. The summed E-state index contributed by atoms with van der Waals surface area (Å²) >= 11 is 0. The molecule has 0 amide bonds. The van der Waals surface area contributed by atoms with E-state index in [0.717, 1.165) is 0 Å². The van der Waals surface area contributed by atoms with E-state index in [9.17, 15) is 20.0 Å². The SMILES string of the molecule is Cc1nc2cc(Oc3ccc([N+](=O)[O-])cc3)ccn2c1C(=O)O. The zero-order valence-corrected chi connectivity index (χ0v) is 12.0. The monoisotopic (exact) mass is 313 g/mol. The summed E-state index contributed by atoms with van der Waals surface area (Å²) in [6, 6.07) is 8.86. The van der Waals surface area contributed by atoms with E-state index < -0.39 is 10.9 Å². The molecule has 0 aliphatic heterocycles. The lowest BCUT2D eigenvalue weighted by Crippen LogP contribution is -2.03. The molecule has 0 fully saturated rings. The Labute approximate surface area is 129 Å². The maximum Gasteiger partial charge on any atom is 0.354 e. The molecule has 8 nitrogen and oxygen atoms in total. The third-order valence-electron chi connectivity index (χ3n) is 3.26. The van der Waals surface area contributed by atoms with Gasteiger partial charge in [0.1, 0.15) is 17.1 Å². The van der Waals surface area contributed by atoms with Gasteiger partial charge < -0.3 is 9.84 Å². The van der Waals surface area contributed by atoms with Crippen LogP contribution in [0.5, 0.6) is 11.5 Å². The standard InChI is InChI=1S/C15H11N3O5/c1-9-14(15(19)20)17-7-6-12(8-13(17)16-9)23-11-4-2-10(3-5-11)18(21)22/h2-8H,1H3,(H,19,20). The van der Waals surface area contributed by atoms with Crippen molar-refractivity contribution in [1.29, 1.82) is 0 Å². The van der Waals surface area contributed by atoms with Gasteiger partial charge in [0.2, 0.25) is 0 Å². The normalized spacial score (nSPS) is 10.7. The number of fused-ring (bicyclic) bond motifs is 1. The van der Waals surface area contributed by atoms with Crippen LogP contribution in [0.15, 0.2) is 42.6 Å². The van der Waals surface area contributed by atoms with Crippen LogP contribution in [0.2, 0.25) is 0 Å². The van der Waals surface area contributed by atoms with Crippen LogP contribution >= 0.6 is 0 Å². The highest BCUT2D eigenvalue weighted by atomic mass is 16.6. The van der Waals surface area contributed by atoms with Gasteiger partial charge in [-0.15, -0.1) is 0 Å². The van der Waals surface area contributed by atoms with Crippen molar-refractivity contribution in [3.8, 4) is 11.5 Å². The van der Waals surface area contributed by atoms with Crippen LogP contribution in [0.1, 0.15) is 16.2 Å². The fourth-order valence-corrected chi connectivity index (χ4v) is 2.24. The molecule has 0 radical (unpaired) electrons. The van der Waals surface area contributed by atoms with E-state index in [2.05, 4.69) is 4.98 Å². The van der Waals surface area contributed by atoms with E-state index in [4.69, 9.17) is 4.74 Å². The van der Waals surface area contributed by atoms with Crippen molar-refractivity contribution >= 4 is 17.3 Å². The molecule has 2 heterocycles. The molecule has 3 aromatic rings. The number of ether oxygens (including phenoxy) is 1. The van der Waals surface area contributed by atoms with Crippen molar-refractivity contribution in [2.75, 3.05) is 0 Å². The molecule has 0 saturated heterocycles. The molecule has 23 heavy (non-hydrogen) atoms. The number of nitro benzene ring substituents is 1. The summed E-state index contributed by atoms with van der Waals surface area (Å²) in [5, 5.41) is 19.8. The minimum atomic E-state index is -1.06. The average Bonchev–Trinajstić information content (AvgIpc) is 2.83. The molecule has 8 heteroatoms. The molecular weight excluding hydrogens is 302 g/mol. The number of hydrogen-bond donors (Lipinski definition) is 1. The van der Waals surface area contributed by atoms with E-state index in [1.165, 1.54) is 28.7 Å². The fraction of sp³-hybridized carbons (Fsp3) is 0.0667. The molecular formula is C15H11N3O5. The zero-order chi connectivity index (χ0) is 16.6. The Bertz CT molecular complexity index is 915. The van der Waals surface area contributed by atoms with E-state index in [-0.39, 0.29) is 11.4 Å². The van der Waals surface area contributed by atoms with Crippen LogP contribution in [0.3, 0.4) is 0 Å². The van der Waals surface area contributed by atoms with Crippen LogP contribution in [0, 0.1) is 17.0 Å². The topological polar surface area (TPSA) is 107 Å². The molecule has 2 aromatic heterocycles. The first kappa shape index (κ1) is 14.5. The van der Waals surface area contributed by atoms with Gasteiger partial charge in [-0.05, 0) is 25.1 Å². The first-order valence-electron chi connectivity index (χ1n) is 6.60. The quantitative estimate of drug-likeness (QED) is 0.586. The summed E-state index contributed by atoms with van der Waals surface area (Å²) in [5.41, 5.74) is 0.925. The predicted molar refractivity (Wildman–Crippen MR) is 80.1 cm³/mol. The molecule has 116 valence electrons. The predicted octanol–water partition coefficient (Wildman–Crippen LogP) is 3.04. The van der Waals surface area contributed by atoms with Gasteiger partial charge in [-0.25, -0.2) is 9.78 Å². The van der Waals surface area contributed by atoms with E-state index in [1.54, 1.807) is 25.3 Å². The second kappa shape index (κ2) is 5.41. The maximum absolute atomic E-state index is 11.2. The van der Waals surface area contributed by atoms with Gasteiger partial charge in [-0.3, -0.25) is 14.5 Å². The number of carboxylic acids is 1. The number of carboxylic acid groups (broad SMARTS) is 1. The fourth-order valence-electron chi connectivity index (χ4n) is 2.24. The Kier molecular flexibility index (Phi) is 3.41. The Hall–Kier alpha value is -3.42. The van der Waals surface area contributed by atoms with Crippen molar-refractivity contribution in [2.24, 2.45) is 0 Å². The third-order valence-corrected chi connectivity index (χ3v) is 3.26. The molecule has 0 saturated carbocycles. The van der Waals surface area contributed by atoms with Gasteiger partial charge in [0.25, 0.3) is 5.69 Å². The Morgan fingerprint density at radius 2 is 1.96 bits per heavy atom. The van der Waals surface area contributed by atoms with Crippen molar-refractivity contribution in [3.63, 3.8) is 0 Å². The van der Waals surface area contributed by atoms with E-state index in [0.29, 0.717) is 22.8 Å². The number of nitro groups is 1. The Morgan fingerprint density at radius 1 is 1.26 bits per heavy atom. The van der Waals surface area contributed by atoms with Crippen molar-refractivity contribution in [2.45, 2.75) is 6.92 Å². The minimum absolute atomic E-state index is 0.0252. The first-order chi connectivity index (χ1) is 11.0. The molecule has 0 spiro atoms. The highest BCUT2D eigenvalue weighted by molar-refractivity contribution is 5.88. The largest absolute Gasteiger partial charge is 0.477 e. The van der Waals surface area contributed by atoms with Gasteiger partial charge in [-0.1, -0.05) is 0 Å². The number of carbonyl (C=O) groups is 1. The minimum Gasteiger partial charge on any atom is -0.477 e. The van der Waals surface area contributed by atoms with Crippen LogP contribution in [0.25, 0.3) is 5.65 Å². The van der Waals surface area contributed by atoms with Crippen molar-refractivity contribution < 1.29 is 19.6 Å². The third kappa shape index (κ3) is 2.69. The number of aromatic carboxylic acids is 1. The van der Waals surface area contributed by atoms with Crippen LogP contribution in [-0.4, -0.2) is 25.4 Å². The number of hydrogen-bond acceptors (Lipinski definition) is 5. The average molecular weight is 313 g/mol. The lowest BCUT2D eigenvalue weighted by Gasteiger charge is -2.06. The molecule has 3 rings (SSSR count). The van der Waals surface area contributed by atoms with Crippen LogP contribution in [-0.2, 0) is 0 Å². The molecule has 0 unspecified atom stereocenters. The van der Waals surface area contributed by atoms with Gasteiger partial charge >= 0.3 is 5.97 Å². The maximum atomic E-state index is 11.2. The summed E-state index contributed by atoms with van der Waals surface area (Å²) in [6.45, 7) is 1.62. The Morgan fingerprint density at radius 3 is 2.57 bits per heavy atom. The molecule has 0 aliphatic carbocycles. The second-order valence-electron chi connectivity index (χ2n) is 4.79. The number of non-ortho nitro benzene ring substituents is 1. The van der Waals surface area contributed by atoms with Gasteiger partial charge in [-0.2, -0.15) is 0 Å². The summed E-state index contributed by atoms with van der Waals surface area (Å²) in [6.07, 6.45) is 1.56. The number of aryl methyl sites for hydroxylation is 1. The van der Waals surface area contributed by atoms with E-state index >= 15 is 0 Å². The highest BCUT2D eigenvalue weighted by Gasteiger charge is 2.15. The second-order valence-corrected chi connectivity index (χ2v) is 4.79. The first-order valence-corrected chi connectivity index (χ1v) is 6.60. The number of imidazole rings is 1. The van der Waals surface area contributed by atoms with Crippen LogP contribution < -0.4 is 4.74 Å². The number of aromatic nitrogens is 2. The molecule has 0 atom stereocenters. The van der Waals surface area contributed by atoms with Gasteiger partial charge in [0.15, 0.2) is 5.69 Å². The molecule has 1 aromatic carbocycles. The van der Waals surface area contributed by atoms with E-state index in [1.807, 2.05) is 0 Å². The smallest absolute Gasteiger partial charge is 0.354 e. The number of benzene rings is 1. The Balaban J connectivity index is 1.92. The van der Waals surface area contributed by atoms with Crippen LogP contribution in [0.4, 0.5) is 5.69 Å². The number of nitrogens with zero attached hydrogens (tertiary/aromatic N) is 3. The summed E-state index contributed by atoms with van der Waals surface area (Å²) in [4.78, 5) is 25.5. The lowest BCUT2D eigenvalue weighted by molar-refractivity contribution is -0.384. The highest BCUT2D eigenvalue weighted by Crippen LogP contribution is 2.25. The molecule has 0 bridgehead atoms. The summed E-state index contributed by atoms with van der Waals surface area (Å²) in [7, 11) is 0.